The molecule has 1 aromatic carbocycles. The van der Waals surface area contributed by atoms with Gasteiger partial charge in [-0.2, -0.15) is 0 Å². The number of carbonyl (C=O) groups is 1. The van der Waals surface area contributed by atoms with Gasteiger partial charge in [-0.1, -0.05) is 6.07 Å². The fourth-order valence-corrected chi connectivity index (χ4v) is 1.89. The van der Waals surface area contributed by atoms with Gasteiger partial charge in [0.15, 0.2) is 11.5 Å². The first-order chi connectivity index (χ1) is 9.71. The minimum Gasteiger partial charge on any atom is -0.493 e. The van der Waals surface area contributed by atoms with Gasteiger partial charge in [0.05, 0.1) is 20.3 Å². The number of rotatable bonds is 9. The molecule has 0 heterocycles. The van der Waals surface area contributed by atoms with E-state index in [4.69, 9.17) is 9.47 Å². The fraction of sp³-hybridized carbons (Fsp3) is 0.533. The van der Waals surface area contributed by atoms with Gasteiger partial charge in [0, 0.05) is 6.54 Å². The largest absolute Gasteiger partial charge is 0.493 e. The van der Waals surface area contributed by atoms with E-state index in [1.165, 1.54) is 5.56 Å². The number of aryl methyl sites for hydroxylation is 1. The second-order valence-corrected chi connectivity index (χ2v) is 4.40. The van der Waals surface area contributed by atoms with Gasteiger partial charge in [-0.25, -0.2) is 0 Å². The van der Waals surface area contributed by atoms with Crippen molar-refractivity contribution < 1.29 is 14.3 Å². The second-order valence-electron chi connectivity index (χ2n) is 4.40. The standard InChI is InChI=1S/C15H24N2O3/c1-4-20-14-10-12(7-8-13(14)19-3)6-5-9-17-15(18)11-16-2/h7-8,10,16H,4-6,9,11H2,1-3H3,(H,17,18). The predicted molar refractivity (Wildman–Crippen MR) is 79.4 cm³/mol. The van der Waals surface area contributed by atoms with Crippen molar-refractivity contribution in [3.8, 4) is 11.5 Å². The Hall–Kier alpha value is -1.75. The summed E-state index contributed by atoms with van der Waals surface area (Å²) in [5.74, 6) is 1.54. The minimum atomic E-state index is 0.0252. The monoisotopic (exact) mass is 280 g/mol. The van der Waals surface area contributed by atoms with Gasteiger partial charge in [0.25, 0.3) is 0 Å². The molecule has 112 valence electrons. The second kappa shape index (κ2) is 9.20. The van der Waals surface area contributed by atoms with Crippen LogP contribution < -0.4 is 20.1 Å². The quantitative estimate of drug-likeness (QED) is 0.671. The highest BCUT2D eigenvalue weighted by Gasteiger charge is 2.05. The Labute approximate surface area is 120 Å². The van der Waals surface area contributed by atoms with Crippen LogP contribution in [0.2, 0.25) is 0 Å². The third-order valence-corrected chi connectivity index (χ3v) is 2.83. The molecular formula is C15H24N2O3. The van der Waals surface area contributed by atoms with E-state index >= 15 is 0 Å². The summed E-state index contributed by atoms with van der Waals surface area (Å²) in [7, 11) is 3.39. The summed E-state index contributed by atoms with van der Waals surface area (Å²) in [4.78, 5) is 11.3. The summed E-state index contributed by atoms with van der Waals surface area (Å²) in [5, 5.41) is 5.68. The van der Waals surface area contributed by atoms with Crippen molar-refractivity contribution >= 4 is 5.91 Å². The molecule has 0 aliphatic carbocycles. The maximum Gasteiger partial charge on any atom is 0.233 e. The molecule has 0 saturated carbocycles. The van der Waals surface area contributed by atoms with Crippen molar-refractivity contribution in [3.63, 3.8) is 0 Å². The van der Waals surface area contributed by atoms with Gasteiger partial charge in [0.1, 0.15) is 0 Å². The molecule has 1 rings (SSSR count). The summed E-state index contributed by atoms with van der Waals surface area (Å²) in [5.41, 5.74) is 1.18. The third kappa shape index (κ3) is 5.48. The number of carbonyl (C=O) groups excluding carboxylic acids is 1. The Morgan fingerprint density at radius 2 is 2.10 bits per heavy atom. The van der Waals surface area contributed by atoms with E-state index in [2.05, 4.69) is 10.6 Å². The molecule has 20 heavy (non-hydrogen) atoms. The lowest BCUT2D eigenvalue weighted by molar-refractivity contribution is -0.120. The number of hydrogen-bond acceptors (Lipinski definition) is 4. The number of likely N-dealkylation sites (N-methyl/N-ethyl adjacent to an activating group) is 1. The molecule has 0 aliphatic heterocycles. The molecule has 1 aromatic rings. The van der Waals surface area contributed by atoms with Crippen LogP contribution in [0.15, 0.2) is 18.2 Å². The van der Waals surface area contributed by atoms with E-state index in [0.717, 1.165) is 24.3 Å². The Morgan fingerprint density at radius 1 is 1.30 bits per heavy atom. The highest BCUT2D eigenvalue weighted by atomic mass is 16.5. The Balaban J connectivity index is 2.44. The first kappa shape index (κ1) is 16.3. The Kier molecular flexibility index (Phi) is 7.50. The summed E-state index contributed by atoms with van der Waals surface area (Å²) in [6, 6.07) is 5.94. The molecule has 5 heteroatoms. The molecule has 0 radical (unpaired) electrons. The van der Waals surface area contributed by atoms with Gasteiger partial charge in [0.2, 0.25) is 5.91 Å². The van der Waals surface area contributed by atoms with Crippen LogP contribution in [0.3, 0.4) is 0 Å². The molecule has 2 N–H and O–H groups in total. The van der Waals surface area contributed by atoms with Crippen LogP contribution in [0.5, 0.6) is 11.5 Å². The molecule has 1 amide bonds. The summed E-state index contributed by atoms with van der Waals surface area (Å²) in [6.07, 6.45) is 1.79. The first-order valence-electron chi connectivity index (χ1n) is 6.92. The molecule has 0 unspecified atom stereocenters. The molecule has 0 aromatic heterocycles. The number of methoxy groups -OCH3 is 1. The van der Waals surface area contributed by atoms with Gasteiger partial charge in [-0.05, 0) is 44.5 Å². The summed E-state index contributed by atoms with van der Waals surface area (Å²) in [6.45, 7) is 3.59. The van der Waals surface area contributed by atoms with Crippen LogP contribution in [0.1, 0.15) is 18.9 Å². The van der Waals surface area contributed by atoms with Crippen LogP contribution in [0.4, 0.5) is 0 Å². The number of amides is 1. The first-order valence-corrected chi connectivity index (χ1v) is 6.92. The van der Waals surface area contributed by atoms with Crippen molar-refractivity contribution in [1.82, 2.24) is 10.6 Å². The lowest BCUT2D eigenvalue weighted by Crippen LogP contribution is -2.32. The summed E-state index contributed by atoms with van der Waals surface area (Å²) < 4.78 is 10.8. The lowest BCUT2D eigenvalue weighted by atomic mass is 10.1. The van der Waals surface area contributed by atoms with Crippen LogP contribution in [0.25, 0.3) is 0 Å². The van der Waals surface area contributed by atoms with Gasteiger partial charge >= 0.3 is 0 Å². The smallest absolute Gasteiger partial charge is 0.233 e. The molecular weight excluding hydrogens is 256 g/mol. The van der Waals surface area contributed by atoms with Gasteiger partial charge in [-0.15, -0.1) is 0 Å². The SMILES string of the molecule is CCOc1cc(CCCNC(=O)CNC)ccc1OC. The summed E-state index contributed by atoms with van der Waals surface area (Å²) >= 11 is 0. The van der Waals surface area contributed by atoms with Gasteiger partial charge in [-0.3, -0.25) is 4.79 Å². The van der Waals surface area contributed by atoms with Gasteiger partial charge < -0.3 is 20.1 Å². The highest BCUT2D eigenvalue weighted by molar-refractivity contribution is 5.77. The minimum absolute atomic E-state index is 0.0252. The van der Waals surface area contributed by atoms with Crippen LogP contribution in [-0.4, -0.2) is 39.8 Å². The zero-order chi connectivity index (χ0) is 14.8. The number of ether oxygens (including phenoxy) is 2. The van der Waals surface area contributed by atoms with Crippen molar-refractivity contribution in [2.75, 3.05) is 33.9 Å². The molecule has 0 spiro atoms. The normalized spacial score (nSPS) is 10.2. The number of benzene rings is 1. The van der Waals surface area contributed by atoms with E-state index in [1.54, 1.807) is 14.2 Å². The highest BCUT2D eigenvalue weighted by Crippen LogP contribution is 2.28. The zero-order valence-electron chi connectivity index (χ0n) is 12.5. The topological polar surface area (TPSA) is 59.6 Å². The van der Waals surface area contributed by atoms with E-state index in [9.17, 15) is 4.79 Å². The van der Waals surface area contributed by atoms with Crippen molar-refractivity contribution in [1.29, 1.82) is 0 Å². The Bertz CT molecular complexity index is 422. The van der Waals surface area contributed by atoms with Crippen LogP contribution in [0, 0.1) is 0 Å². The van der Waals surface area contributed by atoms with Crippen LogP contribution >= 0.6 is 0 Å². The number of nitrogens with one attached hydrogen (secondary N) is 2. The average molecular weight is 280 g/mol. The molecule has 0 aliphatic rings. The van der Waals surface area contributed by atoms with Crippen molar-refractivity contribution in [3.05, 3.63) is 23.8 Å². The van der Waals surface area contributed by atoms with Crippen molar-refractivity contribution in [2.24, 2.45) is 0 Å². The molecule has 0 fully saturated rings. The maximum atomic E-state index is 11.3. The van der Waals surface area contributed by atoms with E-state index < -0.39 is 0 Å². The fourth-order valence-electron chi connectivity index (χ4n) is 1.89. The molecule has 0 atom stereocenters. The molecule has 5 nitrogen and oxygen atoms in total. The predicted octanol–water partition coefficient (Wildman–Crippen LogP) is 1.36. The third-order valence-electron chi connectivity index (χ3n) is 2.83. The molecule has 0 saturated heterocycles. The maximum absolute atomic E-state index is 11.3. The Morgan fingerprint density at radius 3 is 2.75 bits per heavy atom. The van der Waals surface area contributed by atoms with E-state index in [0.29, 0.717) is 19.7 Å². The van der Waals surface area contributed by atoms with E-state index in [-0.39, 0.29) is 5.91 Å². The van der Waals surface area contributed by atoms with E-state index in [1.807, 2.05) is 25.1 Å². The lowest BCUT2D eigenvalue weighted by Gasteiger charge is -2.11. The van der Waals surface area contributed by atoms with Crippen LogP contribution in [-0.2, 0) is 11.2 Å². The average Bonchev–Trinajstić information content (AvgIpc) is 2.44. The number of hydrogen-bond donors (Lipinski definition) is 2. The molecule has 0 bridgehead atoms. The van der Waals surface area contributed by atoms with Crippen molar-refractivity contribution in [2.45, 2.75) is 19.8 Å². The zero-order valence-corrected chi connectivity index (χ0v) is 12.5.